The molecule has 1 fully saturated rings. The maximum Gasteiger partial charge on any atom is 0.280 e. The van der Waals surface area contributed by atoms with Gasteiger partial charge in [0, 0.05) is 43.4 Å². The van der Waals surface area contributed by atoms with Gasteiger partial charge in [0.2, 0.25) is 0 Å². The highest BCUT2D eigenvalue weighted by atomic mass is 16.6. The standard InChI is InChI=1S/C22H21N3O4/c26-22-7-3-6-19-16-10-15(12-24(19)22)11-23(13-16)14-17-8-9-21(29-17)18-4-1-2-5-20(18)25(27)28/h1-9,15-16H,10-14H2. The highest BCUT2D eigenvalue weighted by Gasteiger charge is 2.34. The van der Waals surface area contributed by atoms with Gasteiger partial charge in [-0.25, -0.2) is 0 Å². The number of likely N-dealkylation sites (tertiary alicyclic amines) is 1. The highest BCUT2D eigenvalue weighted by Crippen LogP contribution is 2.36. The van der Waals surface area contributed by atoms with Gasteiger partial charge in [0.1, 0.15) is 11.5 Å². The molecule has 7 nitrogen and oxygen atoms in total. The molecule has 0 radical (unpaired) electrons. The van der Waals surface area contributed by atoms with Crippen molar-refractivity contribution in [2.75, 3.05) is 13.1 Å². The molecular weight excluding hydrogens is 370 g/mol. The molecule has 0 spiro atoms. The topological polar surface area (TPSA) is 81.5 Å². The first-order chi connectivity index (χ1) is 14.1. The minimum atomic E-state index is -0.386. The number of nitro benzene ring substituents is 1. The van der Waals surface area contributed by atoms with Crippen LogP contribution in [0.4, 0.5) is 5.69 Å². The van der Waals surface area contributed by atoms with Crippen LogP contribution in [0.15, 0.2) is 63.8 Å². The fraction of sp³-hybridized carbons (Fsp3) is 0.318. The fourth-order valence-corrected chi connectivity index (χ4v) is 4.79. The molecule has 1 saturated heterocycles. The summed E-state index contributed by atoms with van der Waals surface area (Å²) in [4.78, 5) is 25.4. The average Bonchev–Trinajstić information content (AvgIpc) is 3.17. The van der Waals surface area contributed by atoms with Crippen LogP contribution in [0, 0.1) is 16.0 Å². The molecule has 0 N–H and O–H groups in total. The molecule has 0 amide bonds. The molecule has 2 atom stereocenters. The Kier molecular flexibility index (Phi) is 4.32. The van der Waals surface area contributed by atoms with Crippen LogP contribution in [0.5, 0.6) is 0 Å². The molecule has 1 aromatic carbocycles. The maximum atomic E-state index is 12.2. The minimum absolute atomic E-state index is 0.0444. The van der Waals surface area contributed by atoms with Crippen molar-refractivity contribution in [3.05, 3.63) is 86.5 Å². The lowest BCUT2D eigenvalue weighted by molar-refractivity contribution is -0.384. The summed E-state index contributed by atoms with van der Waals surface area (Å²) >= 11 is 0. The number of benzene rings is 1. The van der Waals surface area contributed by atoms with E-state index in [0.29, 0.717) is 29.7 Å². The average molecular weight is 391 g/mol. The second-order valence-electron chi connectivity index (χ2n) is 7.93. The molecule has 2 aliphatic heterocycles. The Hall–Kier alpha value is -3.19. The second kappa shape index (κ2) is 7.00. The SMILES string of the molecule is O=c1cccc2n1CC1CC2CN(Cc2ccc(-c3ccccc3[N+](=O)[O-])o2)C1. The van der Waals surface area contributed by atoms with Gasteiger partial charge < -0.3 is 8.98 Å². The molecule has 3 aromatic rings. The van der Waals surface area contributed by atoms with Crippen LogP contribution in [0.2, 0.25) is 0 Å². The lowest BCUT2D eigenvalue weighted by Crippen LogP contribution is -2.46. The van der Waals surface area contributed by atoms with Crippen molar-refractivity contribution in [3.63, 3.8) is 0 Å². The van der Waals surface area contributed by atoms with Gasteiger partial charge in [-0.2, -0.15) is 0 Å². The molecule has 2 aliphatic rings. The molecule has 2 bridgehead atoms. The van der Waals surface area contributed by atoms with E-state index in [0.717, 1.165) is 37.5 Å². The van der Waals surface area contributed by atoms with Gasteiger partial charge in [-0.05, 0) is 36.6 Å². The molecule has 2 aromatic heterocycles. The Balaban J connectivity index is 1.36. The summed E-state index contributed by atoms with van der Waals surface area (Å²) < 4.78 is 7.90. The van der Waals surface area contributed by atoms with Crippen LogP contribution in [0.25, 0.3) is 11.3 Å². The van der Waals surface area contributed by atoms with Crippen molar-refractivity contribution in [1.29, 1.82) is 0 Å². The van der Waals surface area contributed by atoms with Crippen molar-refractivity contribution in [1.82, 2.24) is 9.47 Å². The molecule has 0 aliphatic carbocycles. The molecule has 5 rings (SSSR count). The maximum absolute atomic E-state index is 12.2. The van der Waals surface area contributed by atoms with Gasteiger partial charge in [0.05, 0.1) is 17.0 Å². The van der Waals surface area contributed by atoms with Gasteiger partial charge in [0.25, 0.3) is 11.2 Å². The van der Waals surface area contributed by atoms with Gasteiger partial charge in [-0.15, -0.1) is 0 Å². The summed E-state index contributed by atoms with van der Waals surface area (Å²) in [5.41, 5.74) is 1.75. The lowest BCUT2D eigenvalue weighted by Gasteiger charge is -2.42. The highest BCUT2D eigenvalue weighted by molar-refractivity contribution is 5.69. The number of pyridine rings is 1. The molecule has 4 heterocycles. The summed E-state index contributed by atoms with van der Waals surface area (Å²) in [6, 6.07) is 15.9. The Morgan fingerprint density at radius 3 is 2.76 bits per heavy atom. The fourth-order valence-electron chi connectivity index (χ4n) is 4.79. The van der Waals surface area contributed by atoms with E-state index in [1.807, 2.05) is 16.7 Å². The number of nitrogens with zero attached hydrogens (tertiary/aromatic N) is 3. The first-order valence-electron chi connectivity index (χ1n) is 9.83. The molecule has 29 heavy (non-hydrogen) atoms. The van der Waals surface area contributed by atoms with Crippen LogP contribution in [0.1, 0.15) is 23.8 Å². The van der Waals surface area contributed by atoms with E-state index in [2.05, 4.69) is 11.0 Å². The number of rotatable bonds is 4. The van der Waals surface area contributed by atoms with Crippen molar-refractivity contribution >= 4 is 5.69 Å². The van der Waals surface area contributed by atoms with E-state index >= 15 is 0 Å². The van der Waals surface area contributed by atoms with E-state index in [1.165, 1.54) is 6.07 Å². The number of aromatic nitrogens is 1. The Bertz CT molecular complexity index is 1130. The van der Waals surface area contributed by atoms with Crippen molar-refractivity contribution in [2.24, 2.45) is 5.92 Å². The normalized spacial score (nSPS) is 21.0. The Morgan fingerprint density at radius 1 is 1.03 bits per heavy atom. The van der Waals surface area contributed by atoms with Crippen LogP contribution in [0.3, 0.4) is 0 Å². The van der Waals surface area contributed by atoms with Crippen LogP contribution >= 0.6 is 0 Å². The van der Waals surface area contributed by atoms with Crippen LogP contribution in [-0.4, -0.2) is 27.5 Å². The Labute approximate surface area is 167 Å². The summed E-state index contributed by atoms with van der Waals surface area (Å²) in [5, 5.41) is 11.3. The summed E-state index contributed by atoms with van der Waals surface area (Å²) in [7, 11) is 0. The summed E-state index contributed by atoms with van der Waals surface area (Å²) in [6.07, 6.45) is 1.11. The second-order valence-corrected chi connectivity index (χ2v) is 7.93. The molecule has 0 saturated carbocycles. The van der Waals surface area contributed by atoms with Gasteiger partial charge in [-0.3, -0.25) is 19.8 Å². The first kappa shape index (κ1) is 17.9. The van der Waals surface area contributed by atoms with E-state index in [9.17, 15) is 14.9 Å². The van der Waals surface area contributed by atoms with Crippen LogP contribution in [-0.2, 0) is 13.1 Å². The zero-order valence-electron chi connectivity index (χ0n) is 15.9. The van der Waals surface area contributed by atoms with E-state index in [-0.39, 0.29) is 16.2 Å². The monoisotopic (exact) mass is 391 g/mol. The third-order valence-corrected chi connectivity index (χ3v) is 5.96. The van der Waals surface area contributed by atoms with Crippen LogP contribution < -0.4 is 5.56 Å². The summed E-state index contributed by atoms with van der Waals surface area (Å²) in [6.45, 7) is 3.21. The smallest absolute Gasteiger partial charge is 0.280 e. The number of fused-ring (bicyclic) bond motifs is 4. The predicted molar refractivity (Wildman–Crippen MR) is 108 cm³/mol. The van der Waals surface area contributed by atoms with Gasteiger partial charge in [0.15, 0.2) is 0 Å². The number of hydrogen-bond donors (Lipinski definition) is 0. The largest absolute Gasteiger partial charge is 0.459 e. The number of hydrogen-bond acceptors (Lipinski definition) is 5. The minimum Gasteiger partial charge on any atom is -0.459 e. The third kappa shape index (κ3) is 3.27. The quantitative estimate of drug-likeness (QED) is 0.501. The lowest BCUT2D eigenvalue weighted by atomic mass is 9.83. The van der Waals surface area contributed by atoms with E-state index in [1.54, 1.807) is 30.3 Å². The number of furan rings is 1. The molecule has 148 valence electrons. The van der Waals surface area contributed by atoms with Crippen molar-refractivity contribution < 1.29 is 9.34 Å². The number of piperidine rings is 1. The number of nitro groups is 1. The van der Waals surface area contributed by atoms with Crippen molar-refractivity contribution in [2.45, 2.75) is 25.4 Å². The zero-order chi connectivity index (χ0) is 20.0. The first-order valence-corrected chi connectivity index (χ1v) is 9.83. The van der Waals surface area contributed by atoms with Gasteiger partial charge in [-0.1, -0.05) is 18.2 Å². The third-order valence-electron chi connectivity index (χ3n) is 5.96. The van der Waals surface area contributed by atoms with E-state index < -0.39 is 0 Å². The zero-order valence-corrected chi connectivity index (χ0v) is 15.9. The Morgan fingerprint density at radius 2 is 1.90 bits per heavy atom. The predicted octanol–water partition coefficient (Wildman–Crippen LogP) is 3.64. The molecule has 2 unspecified atom stereocenters. The van der Waals surface area contributed by atoms with E-state index in [4.69, 9.17) is 4.42 Å². The molecular formula is C22H21N3O4. The van der Waals surface area contributed by atoms with Crippen molar-refractivity contribution in [3.8, 4) is 11.3 Å². The van der Waals surface area contributed by atoms with Gasteiger partial charge >= 0.3 is 0 Å². The summed E-state index contributed by atoms with van der Waals surface area (Å²) in [5.74, 6) is 2.11. The number of para-hydroxylation sites is 1. The molecule has 7 heteroatoms.